The summed E-state index contributed by atoms with van der Waals surface area (Å²) in [5.74, 6) is -0.657. The van der Waals surface area contributed by atoms with Gasteiger partial charge in [-0.05, 0) is 26.0 Å². The van der Waals surface area contributed by atoms with Gasteiger partial charge in [0.15, 0.2) is 5.71 Å². The number of nitrogens with one attached hydrogen (secondary N) is 1. The van der Waals surface area contributed by atoms with Crippen LogP contribution in [-0.2, 0) is 9.53 Å². The Hall–Kier alpha value is -2.37. The molecule has 6 heteroatoms. The predicted molar refractivity (Wildman–Crippen MR) is 69.1 cm³/mol. The van der Waals surface area contributed by atoms with Crippen molar-refractivity contribution < 1.29 is 14.7 Å². The second kappa shape index (κ2) is 7.05. The second-order valence-electron chi connectivity index (χ2n) is 3.44. The first-order valence-electron chi connectivity index (χ1n) is 5.42. The number of anilines is 1. The highest BCUT2D eigenvalue weighted by molar-refractivity contribution is 6.59. The van der Waals surface area contributed by atoms with E-state index in [9.17, 15) is 4.79 Å². The van der Waals surface area contributed by atoms with E-state index in [2.05, 4.69) is 15.7 Å². The maximum absolute atomic E-state index is 11.4. The Kier molecular flexibility index (Phi) is 5.37. The molecule has 0 spiro atoms. The van der Waals surface area contributed by atoms with Gasteiger partial charge < -0.3 is 9.94 Å². The monoisotopic (exact) mass is 249 g/mol. The van der Waals surface area contributed by atoms with Gasteiger partial charge in [-0.25, -0.2) is 4.79 Å². The number of carbonyl (C=O) groups excluding carboxylic acids is 1. The van der Waals surface area contributed by atoms with E-state index in [-0.39, 0.29) is 12.3 Å². The third kappa shape index (κ3) is 4.25. The van der Waals surface area contributed by atoms with Gasteiger partial charge in [-0.1, -0.05) is 22.9 Å². The molecular formula is C12H15N3O3. The summed E-state index contributed by atoms with van der Waals surface area (Å²) in [5, 5.41) is 15.0. The molecule has 96 valence electrons. The molecule has 0 radical (unpaired) electrons. The molecule has 0 bridgehead atoms. The van der Waals surface area contributed by atoms with Crippen LogP contribution in [0.15, 0.2) is 34.5 Å². The summed E-state index contributed by atoms with van der Waals surface area (Å²) in [6.45, 7) is 3.87. The number of aryl methyl sites for hydroxylation is 1. The lowest BCUT2D eigenvalue weighted by molar-refractivity contribution is -0.134. The number of carbonyl (C=O) groups is 1. The zero-order valence-electron chi connectivity index (χ0n) is 10.3. The lowest BCUT2D eigenvalue weighted by Gasteiger charge is -2.03. The fraction of sp³-hybridized carbons (Fsp3) is 0.250. The summed E-state index contributed by atoms with van der Waals surface area (Å²) < 4.78 is 4.75. The number of hydrogen-bond donors (Lipinski definition) is 2. The third-order valence-electron chi connectivity index (χ3n) is 2.02. The molecular weight excluding hydrogens is 234 g/mol. The maximum Gasteiger partial charge on any atom is 0.360 e. The average molecular weight is 249 g/mol. The lowest BCUT2D eigenvalue weighted by Crippen LogP contribution is -2.20. The lowest BCUT2D eigenvalue weighted by atomic mass is 10.2. The molecule has 0 heterocycles. The minimum atomic E-state index is -0.657. The number of nitrogens with zero attached hydrogens (tertiary/aromatic N) is 2. The van der Waals surface area contributed by atoms with Crippen molar-refractivity contribution in [3.63, 3.8) is 0 Å². The molecule has 1 rings (SSSR count). The first-order valence-corrected chi connectivity index (χ1v) is 5.42. The van der Waals surface area contributed by atoms with Crippen LogP contribution in [0.1, 0.15) is 12.5 Å². The number of rotatable bonds is 5. The molecule has 0 aliphatic carbocycles. The van der Waals surface area contributed by atoms with E-state index < -0.39 is 5.97 Å². The van der Waals surface area contributed by atoms with Gasteiger partial charge in [0.05, 0.1) is 12.3 Å². The third-order valence-corrected chi connectivity index (χ3v) is 2.02. The van der Waals surface area contributed by atoms with Gasteiger partial charge >= 0.3 is 5.97 Å². The molecule has 0 unspecified atom stereocenters. The molecule has 1 aromatic rings. The van der Waals surface area contributed by atoms with Crippen molar-refractivity contribution in [1.29, 1.82) is 0 Å². The Bertz CT molecular complexity index is 452. The highest BCUT2D eigenvalue weighted by Gasteiger charge is 2.10. The molecule has 0 fully saturated rings. The first-order chi connectivity index (χ1) is 8.67. The van der Waals surface area contributed by atoms with Crippen molar-refractivity contribution in [1.82, 2.24) is 0 Å². The Morgan fingerprint density at radius 2 is 2.11 bits per heavy atom. The topological polar surface area (TPSA) is 83.3 Å². The SMILES string of the molecule is CCOC(=O)C(/C=N/O)=N/Nc1ccc(C)cc1. The van der Waals surface area contributed by atoms with E-state index in [0.29, 0.717) is 5.69 Å². The van der Waals surface area contributed by atoms with Crippen LogP contribution in [0.4, 0.5) is 5.69 Å². The molecule has 0 aliphatic rings. The number of esters is 1. The predicted octanol–water partition coefficient (Wildman–Crippen LogP) is 1.79. The minimum absolute atomic E-state index is 0.111. The number of hydrazone groups is 1. The van der Waals surface area contributed by atoms with Crippen molar-refractivity contribution in [3.05, 3.63) is 29.8 Å². The summed E-state index contributed by atoms with van der Waals surface area (Å²) >= 11 is 0. The molecule has 0 amide bonds. The van der Waals surface area contributed by atoms with E-state index in [0.717, 1.165) is 11.8 Å². The number of oxime groups is 1. The highest BCUT2D eigenvalue weighted by Crippen LogP contribution is 2.08. The Labute approximate surface area is 105 Å². The van der Waals surface area contributed by atoms with Crippen LogP contribution in [0, 0.1) is 6.92 Å². The molecule has 0 aromatic heterocycles. The number of ether oxygens (including phenoxy) is 1. The molecule has 6 nitrogen and oxygen atoms in total. The van der Waals surface area contributed by atoms with Gasteiger partial charge in [-0.3, -0.25) is 5.43 Å². The summed E-state index contributed by atoms with van der Waals surface area (Å²) in [6.07, 6.45) is 0.916. The van der Waals surface area contributed by atoms with Crippen molar-refractivity contribution in [3.8, 4) is 0 Å². The van der Waals surface area contributed by atoms with Crippen LogP contribution in [0.25, 0.3) is 0 Å². The maximum atomic E-state index is 11.4. The molecule has 1 aromatic carbocycles. The normalized spacial score (nSPS) is 11.6. The van der Waals surface area contributed by atoms with E-state index >= 15 is 0 Å². The summed E-state index contributed by atoms with van der Waals surface area (Å²) in [6, 6.07) is 7.44. The Morgan fingerprint density at radius 3 is 2.67 bits per heavy atom. The Morgan fingerprint density at radius 1 is 1.44 bits per heavy atom. The van der Waals surface area contributed by atoms with Crippen molar-refractivity contribution in [2.75, 3.05) is 12.0 Å². The van der Waals surface area contributed by atoms with Crippen molar-refractivity contribution >= 4 is 23.6 Å². The second-order valence-corrected chi connectivity index (χ2v) is 3.44. The van der Waals surface area contributed by atoms with Crippen LogP contribution in [0.5, 0.6) is 0 Å². The summed E-state index contributed by atoms with van der Waals surface area (Å²) in [5.41, 5.74) is 4.40. The standard InChI is InChI=1S/C12H15N3O3/c1-3-18-12(16)11(8-13-17)15-14-10-6-4-9(2)5-7-10/h4-8,14,17H,3H2,1-2H3/b13-8+,15-11+. The van der Waals surface area contributed by atoms with Gasteiger partial charge in [0.25, 0.3) is 0 Å². The van der Waals surface area contributed by atoms with Gasteiger partial charge in [0, 0.05) is 0 Å². The van der Waals surface area contributed by atoms with E-state index in [1.165, 1.54) is 0 Å². The van der Waals surface area contributed by atoms with Gasteiger partial charge in [0.2, 0.25) is 0 Å². The van der Waals surface area contributed by atoms with Crippen LogP contribution >= 0.6 is 0 Å². The zero-order chi connectivity index (χ0) is 13.4. The molecule has 0 saturated heterocycles. The fourth-order valence-corrected chi connectivity index (χ4v) is 1.14. The Balaban J connectivity index is 2.77. The molecule has 0 atom stereocenters. The molecule has 0 aliphatic heterocycles. The van der Waals surface area contributed by atoms with Crippen molar-refractivity contribution in [2.24, 2.45) is 10.3 Å². The van der Waals surface area contributed by atoms with Gasteiger partial charge in [-0.2, -0.15) is 5.10 Å². The van der Waals surface area contributed by atoms with Crippen molar-refractivity contribution in [2.45, 2.75) is 13.8 Å². The molecule has 0 saturated carbocycles. The van der Waals surface area contributed by atoms with Crippen LogP contribution < -0.4 is 5.43 Å². The van der Waals surface area contributed by atoms with Gasteiger partial charge in [-0.15, -0.1) is 0 Å². The quantitative estimate of drug-likeness (QED) is 0.360. The summed E-state index contributed by atoms with van der Waals surface area (Å²) in [7, 11) is 0. The van der Waals surface area contributed by atoms with Gasteiger partial charge in [0.1, 0.15) is 6.21 Å². The smallest absolute Gasteiger partial charge is 0.360 e. The zero-order valence-corrected chi connectivity index (χ0v) is 10.3. The van der Waals surface area contributed by atoms with E-state index in [1.807, 2.05) is 31.2 Å². The molecule has 18 heavy (non-hydrogen) atoms. The molecule has 2 N–H and O–H groups in total. The number of hydrogen-bond acceptors (Lipinski definition) is 6. The average Bonchev–Trinajstić information content (AvgIpc) is 2.36. The highest BCUT2D eigenvalue weighted by atomic mass is 16.5. The van der Waals surface area contributed by atoms with E-state index in [4.69, 9.17) is 9.94 Å². The first kappa shape index (κ1) is 13.7. The van der Waals surface area contributed by atoms with E-state index in [1.54, 1.807) is 6.92 Å². The minimum Gasteiger partial charge on any atom is -0.461 e. The summed E-state index contributed by atoms with van der Waals surface area (Å²) in [4.78, 5) is 11.4. The fourth-order valence-electron chi connectivity index (χ4n) is 1.14. The largest absolute Gasteiger partial charge is 0.461 e. The van der Waals surface area contributed by atoms with Crippen LogP contribution in [0.2, 0.25) is 0 Å². The van der Waals surface area contributed by atoms with Crippen LogP contribution in [0.3, 0.4) is 0 Å². The van der Waals surface area contributed by atoms with Crippen LogP contribution in [-0.4, -0.2) is 29.7 Å². The number of benzene rings is 1.